The van der Waals surface area contributed by atoms with Crippen LogP contribution in [0.3, 0.4) is 0 Å². The molecule has 0 saturated carbocycles. The molecule has 2 rings (SSSR count). The first-order chi connectivity index (χ1) is 9.19. The van der Waals surface area contributed by atoms with Crippen molar-refractivity contribution in [1.29, 1.82) is 0 Å². The normalized spacial score (nSPS) is 10.7. The fourth-order valence-electron chi connectivity index (χ4n) is 1.85. The van der Waals surface area contributed by atoms with Gasteiger partial charge in [-0.2, -0.15) is 5.10 Å². The summed E-state index contributed by atoms with van der Waals surface area (Å²) in [5, 5.41) is 7.46. The molecule has 0 bridgehead atoms. The molecule has 0 unspecified atom stereocenters. The van der Waals surface area contributed by atoms with Crippen molar-refractivity contribution in [3.05, 3.63) is 21.7 Å². The van der Waals surface area contributed by atoms with E-state index in [1.54, 1.807) is 0 Å². The third-order valence-corrected chi connectivity index (χ3v) is 3.97. The van der Waals surface area contributed by atoms with E-state index in [-0.39, 0.29) is 0 Å². The second-order valence-electron chi connectivity index (χ2n) is 4.25. The quantitative estimate of drug-likeness (QED) is 0.822. The molecule has 2 heterocycles. The molecule has 0 aromatic carbocycles. The lowest BCUT2D eigenvalue weighted by atomic mass is 10.2. The topological polar surface area (TPSA) is 55.6 Å². The average Bonchev–Trinajstić information content (AvgIpc) is 2.88. The molecule has 0 spiro atoms. The molecule has 0 radical (unpaired) electrons. The molecule has 1 N–H and O–H groups in total. The number of anilines is 1. The highest BCUT2D eigenvalue weighted by molar-refractivity contribution is 14.1. The SMILES string of the molecule is CCCn1cc(-c2nc(CC)c(I)c(NC)n2)cn1. The Bertz CT molecular complexity index is 539. The summed E-state index contributed by atoms with van der Waals surface area (Å²) in [6.45, 7) is 5.16. The maximum Gasteiger partial charge on any atom is 0.165 e. The molecule has 19 heavy (non-hydrogen) atoms. The Balaban J connectivity index is 2.43. The molecule has 0 aliphatic heterocycles. The van der Waals surface area contributed by atoms with Crippen molar-refractivity contribution in [2.45, 2.75) is 33.2 Å². The summed E-state index contributed by atoms with van der Waals surface area (Å²) in [5.41, 5.74) is 2.04. The number of hydrogen-bond acceptors (Lipinski definition) is 4. The molecule has 0 aliphatic carbocycles. The molecule has 0 atom stereocenters. The third kappa shape index (κ3) is 3.05. The van der Waals surface area contributed by atoms with E-state index >= 15 is 0 Å². The van der Waals surface area contributed by atoms with Crippen LogP contribution in [0.1, 0.15) is 26.0 Å². The molecule has 0 amide bonds. The van der Waals surface area contributed by atoms with Crippen LogP contribution in [0.4, 0.5) is 5.82 Å². The molecule has 2 aromatic heterocycles. The number of halogens is 1. The lowest BCUT2D eigenvalue weighted by Gasteiger charge is -2.08. The van der Waals surface area contributed by atoms with Gasteiger partial charge in [-0.15, -0.1) is 0 Å². The summed E-state index contributed by atoms with van der Waals surface area (Å²) < 4.78 is 3.02. The Labute approximate surface area is 127 Å². The molecule has 0 aliphatic rings. The van der Waals surface area contributed by atoms with Crippen molar-refractivity contribution in [2.75, 3.05) is 12.4 Å². The molecule has 2 aromatic rings. The lowest BCUT2D eigenvalue weighted by Crippen LogP contribution is -2.04. The Hall–Kier alpha value is -1.18. The second kappa shape index (κ2) is 6.31. The van der Waals surface area contributed by atoms with Crippen molar-refractivity contribution < 1.29 is 0 Å². The fourth-order valence-corrected chi connectivity index (χ4v) is 2.75. The maximum absolute atomic E-state index is 4.63. The number of rotatable bonds is 5. The highest BCUT2D eigenvalue weighted by Gasteiger charge is 2.12. The van der Waals surface area contributed by atoms with E-state index in [2.05, 4.69) is 56.8 Å². The van der Waals surface area contributed by atoms with Gasteiger partial charge >= 0.3 is 0 Å². The zero-order valence-corrected chi connectivity index (χ0v) is 13.6. The summed E-state index contributed by atoms with van der Waals surface area (Å²) in [6.07, 6.45) is 5.80. The molecule has 102 valence electrons. The fraction of sp³-hybridized carbons (Fsp3) is 0.462. The highest BCUT2D eigenvalue weighted by atomic mass is 127. The van der Waals surface area contributed by atoms with Gasteiger partial charge in [0.1, 0.15) is 5.82 Å². The van der Waals surface area contributed by atoms with Crippen LogP contribution in [-0.4, -0.2) is 26.8 Å². The van der Waals surface area contributed by atoms with Gasteiger partial charge in [-0.05, 0) is 35.4 Å². The van der Waals surface area contributed by atoms with Crippen molar-refractivity contribution in [3.8, 4) is 11.4 Å². The van der Waals surface area contributed by atoms with Gasteiger partial charge in [-0.1, -0.05) is 13.8 Å². The Morgan fingerprint density at radius 3 is 2.74 bits per heavy atom. The average molecular weight is 371 g/mol. The second-order valence-corrected chi connectivity index (χ2v) is 5.33. The van der Waals surface area contributed by atoms with Crippen LogP contribution in [0.5, 0.6) is 0 Å². The molecule has 0 fully saturated rings. The van der Waals surface area contributed by atoms with Crippen LogP contribution in [0.25, 0.3) is 11.4 Å². The smallest absolute Gasteiger partial charge is 0.165 e. The number of hydrogen-bond donors (Lipinski definition) is 1. The van der Waals surface area contributed by atoms with Gasteiger partial charge in [-0.25, -0.2) is 9.97 Å². The third-order valence-electron chi connectivity index (χ3n) is 2.84. The maximum atomic E-state index is 4.63. The van der Waals surface area contributed by atoms with E-state index < -0.39 is 0 Å². The van der Waals surface area contributed by atoms with Crippen LogP contribution in [0.15, 0.2) is 12.4 Å². The summed E-state index contributed by atoms with van der Waals surface area (Å²) in [6, 6.07) is 0. The molecule has 0 saturated heterocycles. The van der Waals surface area contributed by atoms with E-state index in [0.717, 1.165) is 45.9 Å². The van der Waals surface area contributed by atoms with Gasteiger partial charge < -0.3 is 5.32 Å². The van der Waals surface area contributed by atoms with Crippen LogP contribution >= 0.6 is 22.6 Å². The van der Waals surface area contributed by atoms with Crippen molar-refractivity contribution in [3.63, 3.8) is 0 Å². The van der Waals surface area contributed by atoms with E-state index in [4.69, 9.17) is 0 Å². The summed E-state index contributed by atoms with van der Waals surface area (Å²) in [4.78, 5) is 9.19. The van der Waals surface area contributed by atoms with Crippen molar-refractivity contribution >= 4 is 28.4 Å². The molecule has 5 nitrogen and oxygen atoms in total. The molecular formula is C13H18IN5. The van der Waals surface area contributed by atoms with Crippen LogP contribution < -0.4 is 5.32 Å². The molecular weight excluding hydrogens is 353 g/mol. The first-order valence-electron chi connectivity index (χ1n) is 6.46. The van der Waals surface area contributed by atoms with E-state index in [1.807, 2.05) is 24.1 Å². The largest absolute Gasteiger partial charge is 0.372 e. The zero-order valence-electron chi connectivity index (χ0n) is 11.4. The monoisotopic (exact) mass is 371 g/mol. The van der Waals surface area contributed by atoms with Gasteiger partial charge in [0.15, 0.2) is 5.82 Å². The molecule has 6 heteroatoms. The first-order valence-corrected chi connectivity index (χ1v) is 7.54. The lowest BCUT2D eigenvalue weighted by molar-refractivity contribution is 0.603. The van der Waals surface area contributed by atoms with E-state index in [0.29, 0.717) is 0 Å². The predicted molar refractivity (Wildman–Crippen MR) is 85.2 cm³/mol. The number of nitrogens with zero attached hydrogens (tertiary/aromatic N) is 4. The van der Waals surface area contributed by atoms with Gasteiger partial charge in [0.25, 0.3) is 0 Å². The minimum absolute atomic E-state index is 0.740. The Morgan fingerprint density at radius 2 is 2.11 bits per heavy atom. The van der Waals surface area contributed by atoms with Gasteiger partial charge in [-0.3, -0.25) is 4.68 Å². The standard InChI is InChI=1S/C13H18IN5/c1-4-6-19-8-9(7-16-19)12-17-10(5-2)11(14)13(15-3)18-12/h7-8H,4-6H2,1-3H3,(H,15,17,18). The van der Waals surface area contributed by atoms with Crippen molar-refractivity contribution in [1.82, 2.24) is 19.7 Å². The minimum Gasteiger partial charge on any atom is -0.372 e. The zero-order chi connectivity index (χ0) is 13.8. The summed E-state index contributed by atoms with van der Waals surface area (Å²) in [5.74, 6) is 1.62. The summed E-state index contributed by atoms with van der Waals surface area (Å²) in [7, 11) is 1.88. The van der Waals surface area contributed by atoms with Crippen LogP contribution in [-0.2, 0) is 13.0 Å². The number of aromatic nitrogens is 4. The minimum atomic E-state index is 0.740. The number of nitrogens with one attached hydrogen (secondary N) is 1. The van der Waals surface area contributed by atoms with E-state index in [1.165, 1.54) is 0 Å². The Kier molecular flexibility index (Phi) is 4.73. The van der Waals surface area contributed by atoms with E-state index in [9.17, 15) is 0 Å². The van der Waals surface area contributed by atoms with Gasteiger partial charge in [0, 0.05) is 19.8 Å². The number of aryl methyl sites for hydroxylation is 2. The summed E-state index contributed by atoms with van der Waals surface area (Å²) >= 11 is 2.29. The Morgan fingerprint density at radius 1 is 1.32 bits per heavy atom. The van der Waals surface area contributed by atoms with Crippen LogP contribution in [0.2, 0.25) is 0 Å². The van der Waals surface area contributed by atoms with Gasteiger partial charge in [0.05, 0.1) is 21.0 Å². The van der Waals surface area contributed by atoms with Crippen LogP contribution in [0, 0.1) is 3.57 Å². The van der Waals surface area contributed by atoms with Gasteiger partial charge in [0.2, 0.25) is 0 Å². The van der Waals surface area contributed by atoms with Crippen molar-refractivity contribution in [2.24, 2.45) is 0 Å². The highest BCUT2D eigenvalue weighted by Crippen LogP contribution is 2.23. The predicted octanol–water partition coefficient (Wildman–Crippen LogP) is 2.96. The first kappa shape index (κ1) is 14.2.